The van der Waals surface area contributed by atoms with Crippen LogP contribution >= 0.6 is 0 Å². The minimum Gasteiger partial charge on any atom is -0.435 e. The molecule has 0 amide bonds. The van der Waals surface area contributed by atoms with Gasteiger partial charge in [-0.1, -0.05) is 55.8 Å². The summed E-state index contributed by atoms with van der Waals surface area (Å²) in [6.07, 6.45) is 3.77. The summed E-state index contributed by atoms with van der Waals surface area (Å²) >= 11 is 0. The van der Waals surface area contributed by atoms with Gasteiger partial charge >= 0.3 is 0 Å². The van der Waals surface area contributed by atoms with Gasteiger partial charge in [-0.3, -0.25) is 0 Å². The molecule has 0 bridgehead atoms. The van der Waals surface area contributed by atoms with E-state index in [0.717, 1.165) is 37.3 Å². The lowest BCUT2D eigenvalue weighted by molar-refractivity contribution is -0.918. The molecule has 158 valence electrons. The first-order valence-corrected chi connectivity index (χ1v) is 11.9. The third-order valence-electron chi connectivity index (χ3n) is 5.54. The van der Waals surface area contributed by atoms with E-state index in [1.807, 2.05) is 42.5 Å². The Labute approximate surface area is 178 Å². The molecule has 4 rings (SSSR count). The molecule has 1 aliphatic heterocycles. The van der Waals surface area contributed by atoms with Crippen molar-refractivity contribution in [1.29, 1.82) is 0 Å². The molecule has 1 aliphatic rings. The number of oxazole rings is 1. The predicted octanol–water partition coefficient (Wildman–Crippen LogP) is 2.38. The second kappa shape index (κ2) is 9.12. The summed E-state index contributed by atoms with van der Waals surface area (Å²) in [7, 11) is -3.44. The molecule has 0 spiro atoms. The second-order valence-corrected chi connectivity index (χ2v) is 9.65. The van der Waals surface area contributed by atoms with E-state index in [1.54, 1.807) is 22.6 Å². The number of sulfonamides is 1. The highest BCUT2D eigenvalue weighted by Crippen LogP contribution is 2.20. The van der Waals surface area contributed by atoms with Gasteiger partial charge in [0.25, 0.3) is 5.89 Å². The van der Waals surface area contributed by atoms with Crippen LogP contribution in [0.25, 0.3) is 11.3 Å². The normalized spacial score (nSPS) is 16.0. The molecule has 7 heteroatoms. The van der Waals surface area contributed by atoms with Crippen LogP contribution in [0.4, 0.5) is 0 Å². The Morgan fingerprint density at radius 1 is 1.03 bits per heavy atom. The van der Waals surface area contributed by atoms with E-state index in [4.69, 9.17) is 4.42 Å². The summed E-state index contributed by atoms with van der Waals surface area (Å²) in [6.45, 7) is 5.24. The lowest BCUT2D eigenvalue weighted by Gasteiger charge is -2.30. The molecule has 30 heavy (non-hydrogen) atoms. The third-order valence-corrected chi connectivity index (χ3v) is 7.46. The van der Waals surface area contributed by atoms with Gasteiger partial charge in [-0.05, 0) is 24.1 Å². The number of aromatic nitrogens is 1. The highest BCUT2D eigenvalue weighted by atomic mass is 32.2. The van der Waals surface area contributed by atoms with Crippen LogP contribution in [0.15, 0.2) is 70.1 Å². The summed E-state index contributed by atoms with van der Waals surface area (Å²) in [4.78, 5) is 6.07. The van der Waals surface area contributed by atoms with Gasteiger partial charge in [0.15, 0.2) is 12.3 Å². The van der Waals surface area contributed by atoms with Gasteiger partial charge in [-0.15, -0.1) is 0 Å². The Kier molecular flexibility index (Phi) is 6.32. The number of piperazine rings is 1. The molecule has 0 radical (unpaired) electrons. The van der Waals surface area contributed by atoms with Crippen molar-refractivity contribution in [2.45, 2.75) is 31.2 Å². The Morgan fingerprint density at radius 3 is 2.40 bits per heavy atom. The fourth-order valence-electron chi connectivity index (χ4n) is 3.83. The number of aryl methyl sites for hydroxylation is 1. The van der Waals surface area contributed by atoms with Crippen LogP contribution in [-0.4, -0.2) is 43.9 Å². The van der Waals surface area contributed by atoms with Gasteiger partial charge < -0.3 is 9.32 Å². The maximum absolute atomic E-state index is 13.0. The fourth-order valence-corrected chi connectivity index (χ4v) is 5.27. The summed E-state index contributed by atoms with van der Waals surface area (Å²) in [5.41, 5.74) is 2.18. The van der Waals surface area contributed by atoms with Gasteiger partial charge in [0.05, 0.1) is 37.3 Å². The van der Waals surface area contributed by atoms with Crippen LogP contribution in [0.3, 0.4) is 0 Å². The molecule has 0 unspecified atom stereocenters. The molecule has 0 saturated carbocycles. The maximum Gasteiger partial charge on any atom is 0.250 e. The van der Waals surface area contributed by atoms with E-state index < -0.39 is 10.0 Å². The number of nitrogens with one attached hydrogen (secondary N) is 1. The van der Waals surface area contributed by atoms with Gasteiger partial charge in [0.1, 0.15) is 0 Å². The summed E-state index contributed by atoms with van der Waals surface area (Å²) < 4.78 is 33.4. The number of quaternary nitrogens is 1. The molecule has 1 saturated heterocycles. The summed E-state index contributed by atoms with van der Waals surface area (Å²) in [6, 6.07) is 17.2. The van der Waals surface area contributed by atoms with Crippen LogP contribution in [0.5, 0.6) is 0 Å². The Morgan fingerprint density at radius 2 is 1.73 bits per heavy atom. The molecule has 1 N–H and O–H groups in total. The van der Waals surface area contributed by atoms with E-state index in [0.29, 0.717) is 30.4 Å². The molecule has 3 aromatic rings. The van der Waals surface area contributed by atoms with E-state index in [-0.39, 0.29) is 0 Å². The van der Waals surface area contributed by atoms with Crippen LogP contribution in [-0.2, 0) is 23.0 Å². The average molecular weight is 427 g/mol. The van der Waals surface area contributed by atoms with Crippen LogP contribution < -0.4 is 4.90 Å². The fraction of sp³-hybridized carbons (Fsp3) is 0.348. The minimum atomic E-state index is -3.44. The molecule has 0 atom stereocenters. The summed E-state index contributed by atoms with van der Waals surface area (Å²) in [5.74, 6) is 1.45. The zero-order valence-corrected chi connectivity index (χ0v) is 18.1. The van der Waals surface area contributed by atoms with Crippen LogP contribution in [0.2, 0.25) is 0 Å². The smallest absolute Gasteiger partial charge is 0.250 e. The quantitative estimate of drug-likeness (QED) is 0.630. The third kappa shape index (κ3) is 4.64. The molecular weight excluding hydrogens is 398 g/mol. The second-order valence-electron chi connectivity index (χ2n) is 7.71. The highest BCUT2D eigenvalue weighted by Gasteiger charge is 2.31. The van der Waals surface area contributed by atoms with Crippen molar-refractivity contribution in [3.63, 3.8) is 0 Å². The highest BCUT2D eigenvalue weighted by molar-refractivity contribution is 7.89. The number of hydrogen-bond donors (Lipinski definition) is 1. The van der Waals surface area contributed by atoms with Crippen molar-refractivity contribution in [1.82, 2.24) is 9.29 Å². The van der Waals surface area contributed by atoms with E-state index >= 15 is 0 Å². The first kappa shape index (κ1) is 20.8. The molecular formula is C23H28N3O3S+. The standard InChI is InChI=1S/C23H27N3O3S/c1-2-6-19-9-11-21(12-10-19)30(27,28)26-15-13-25(14-16-26)18-23-24-17-22(29-23)20-7-4-3-5-8-20/h3-5,7-12,17H,2,6,13-16,18H2,1H3/p+1. The molecule has 2 aromatic carbocycles. The number of benzene rings is 2. The predicted molar refractivity (Wildman–Crippen MR) is 116 cm³/mol. The van der Waals surface area contributed by atoms with E-state index in [1.165, 1.54) is 10.5 Å². The first-order chi connectivity index (χ1) is 14.6. The van der Waals surface area contributed by atoms with Crippen molar-refractivity contribution >= 4 is 10.0 Å². The minimum absolute atomic E-state index is 0.381. The zero-order valence-electron chi connectivity index (χ0n) is 17.3. The summed E-state index contributed by atoms with van der Waals surface area (Å²) in [5, 5.41) is 0. The lowest BCUT2D eigenvalue weighted by atomic mass is 10.1. The topological polar surface area (TPSA) is 67.8 Å². The molecule has 6 nitrogen and oxygen atoms in total. The number of hydrogen-bond acceptors (Lipinski definition) is 4. The van der Waals surface area contributed by atoms with E-state index in [2.05, 4.69) is 11.9 Å². The zero-order chi connectivity index (χ0) is 21.0. The van der Waals surface area contributed by atoms with Gasteiger partial charge in [0.2, 0.25) is 10.0 Å². The number of rotatable bonds is 7. The van der Waals surface area contributed by atoms with Crippen molar-refractivity contribution in [2.24, 2.45) is 0 Å². The van der Waals surface area contributed by atoms with Crippen molar-refractivity contribution < 1.29 is 17.7 Å². The van der Waals surface area contributed by atoms with Crippen molar-refractivity contribution in [3.8, 4) is 11.3 Å². The van der Waals surface area contributed by atoms with Gasteiger partial charge in [0, 0.05) is 5.56 Å². The number of nitrogens with zero attached hydrogens (tertiary/aromatic N) is 2. The van der Waals surface area contributed by atoms with Crippen molar-refractivity contribution in [2.75, 3.05) is 26.2 Å². The molecule has 2 heterocycles. The Balaban J connectivity index is 1.35. The monoisotopic (exact) mass is 426 g/mol. The molecule has 0 aliphatic carbocycles. The lowest BCUT2D eigenvalue weighted by Crippen LogP contribution is -3.13. The van der Waals surface area contributed by atoms with Crippen LogP contribution in [0.1, 0.15) is 24.8 Å². The van der Waals surface area contributed by atoms with Gasteiger partial charge in [-0.25, -0.2) is 13.4 Å². The molecule has 1 fully saturated rings. The van der Waals surface area contributed by atoms with Crippen LogP contribution in [0, 0.1) is 0 Å². The SMILES string of the molecule is CCCc1ccc(S(=O)(=O)N2CC[NH+](Cc3ncc(-c4ccccc4)o3)CC2)cc1. The van der Waals surface area contributed by atoms with Crippen molar-refractivity contribution in [3.05, 3.63) is 72.2 Å². The van der Waals surface area contributed by atoms with Gasteiger partial charge in [-0.2, -0.15) is 4.31 Å². The first-order valence-electron chi connectivity index (χ1n) is 10.5. The maximum atomic E-state index is 13.0. The Hall–Kier alpha value is -2.48. The van der Waals surface area contributed by atoms with E-state index in [9.17, 15) is 8.42 Å². The average Bonchev–Trinajstić information content (AvgIpc) is 3.24. The Bertz CT molecular complexity index is 1050. The molecule has 1 aromatic heterocycles. The largest absolute Gasteiger partial charge is 0.435 e.